The molecule has 2 aromatic carbocycles. The van der Waals surface area contributed by atoms with Crippen molar-refractivity contribution in [2.45, 2.75) is 0 Å². The predicted octanol–water partition coefficient (Wildman–Crippen LogP) is 5.60. The monoisotopic (exact) mass is 382 g/mol. The molecule has 4 aromatic rings. The van der Waals surface area contributed by atoms with Crippen LogP contribution in [0.25, 0.3) is 21.8 Å². The Morgan fingerprint density at radius 2 is 1.89 bits per heavy atom. The predicted molar refractivity (Wildman–Crippen MR) is 99.6 cm³/mol. The molecule has 0 spiro atoms. The first-order valence-corrected chi connectivity index (χ1v) is 8.84. The summed E-state index contributed by atoms with van der Waals surface area (Å²) in [6.45, 7) is 0. The zero-order valence-electron chi connectivity index (χ0n) is 13.8. The molecule has 0 atom stereocenters. The zero-order chi connectivity index (χ0) is 18.8. The van der Waals surface area contributed by atoms with Crippen molar-refractivity contribution in [2.24, 2.45) is 0 Å². The lowest BCUT2D eigenvalue weighted by Crippen LogP contribution is -2.10. The van der Waals surface area contributed by atoms with Crippen molar-refractivity contribution in [1.29, 1.82) is 0 Å². The number of thiazole rings is 1. The van der Waals surface area contributed by atoms with E-state index in [1.807, 2.05) is 0 Å². The molecule has 0 aliphatic heterocycles. The molecule has 0 aliphatic carbocycles. The first-order valence-electron chi connectivity index (χ1n) is 7.96. The van der Waals surface area contributed by atoms with Gasteiger partial charge in [0.1, 0.15) is 16.6 Å². The number of amides is 1. The van der Waals surface area contributed by atoms with Crippen LogP contribution in [0.1, 0.15) is 10.6 Å². The standard InChI is InChI=1S/C20H12F2N2O2S/c21-13-5-8-16(22)15(10-13)17-11-27-20(24-17)12-3-6-14(7-4-12)23-19(25)18-2-1-9-26-18/h1-11H,(H,23,25). The Morgan fingerprint density at radius 3 is 2.63 bits per heavy atom. The molecule has 4 rings (SSSR count). The highest BCUT2D eigenvalue weighted by molar-refractivity contribution is 7.13. The molecule has 27 heavy (non-hydrogen) atoms. The van der Waals surface area contributed by atoms with Gasteiger partial charge in [-0.3, -0.25) is 4.79 Å². The van der Waals surface area contributed by atoms with E-state index in [1.165, 1.54) is 17.6 Å². The minimum absolute atomic E-state index is 0.125. The fourth-order valence-corrected chi connectivity index (χ4v) is 3.35. The maximum atomic E-state index is 13.9. The summed E-state index contributed by atoms with van der Waals surface area (Å²) in [7, 11) is 0. The van der Waals surface area contributed by atoms with Crippen LogP contribution in [0.15, 0.2) is 70.7 Å². The lowest BCUT2D eigenvalue weighted by molar-refractivity contribution is 0.0996. The van der Waals surface area contributed by atoms with Crippen molar-refractivity contribution < 1.29 is 18.0 Å². The highest BCUT2D eigenvalue weighted by Crippen LogP contribution is 2.31. The summed E-state index contributed by atoms with van der Waals surface area (Å²) in [5.74, 6) is -1.16. The number of nitrogens with one attached hydrogen (secondary N) is 1. The Labute approximate surface area is 157 Å². The summed E-state index contributed by atoms with van der Waals surface area (Å²) < 4.78 is 32.3. The second kappa shape index (κ2) is 7.13. The van der Waals surface area contributed by atoms with Crippen LogP contribution in [-0.2, 0) is 0 Å². The minimum atomic E-state index is -0.524. The van der Waals surface area contributed by atoms with Gasteiger partial charge in [0, 0.05) is 22.2 Å². The lowest BCUT2D eigenvalue weighted by atomic mass is 10.1. The highest BCUT2D eigenvalue weighted by atomic mass is 32.1. The molecule has 0 radical (unpaired) electrons. The molecular formula is C20H12F2N2O2S. The number of aromatic nitrogens is 1. The van der Waals surface area contributed by atoms with E-state index in [1.54, 1.807) is 41.8 Å². The Balaban J connectivity index is 1.54. The molecule has 4 nitrogen and oxygen atoms in total. The SMILES string of the molecule is O=C(Nc1ccc(-c2nc(-c3cc(F)ccc3F)cs2)cc1)c1ccco1. The van der Waals surface area contributed by atoms with Gasteiger partial charge in [0.15, 0.2) is 5.76 Å². The number of benzene rings is 2. The number of carbonyl (C=O) groups is 1. The zero-order valence-corrected chi connectivity index (χ0v) is 14.6. The van der Waals surface area contributed by atoms with Crippen molar-refractivity contribution in [3.63, 3.8) is 0 Å². The van der Waals surface area contributed by atoms with Gasteiger partial charge in [0.25, 0.3) is 5.91 Å². The van der Waals surface area contributed by atoms with E-state index >= 15 is 0 Å². The molecule has 1 amide bonds. The average Bonchev–Trinajstić information content (AvgIpc) is 3.36. The summed E-state index contributed by atoms with van der Waals surface area (Å²) in [5.41, 5.74) is 1.91. The molecule has 7 heteroatoms. The third kappa shape index (κ3) is 3.63. The van der Waals surface area contributed by atoms with Crippen molar-refractivity contribution in [3.05, 3.63) is 83.6 Å². The summed E-state index contributed by atoms with van der Waals surface area (Å²) in [4.78, 5) is 16.4. The number of anilines is 1. The molecular weight excluding hydrogens is 370 g/mol. The maximum absolute atomic E-state index is 13.9. The first kappa shape index (κ1) is 17.1. The number of rotatable bonds is 4. The van der Waals surface area contributed by atoms with Crippen LogP contribution in [0.5, 0.6) is 0 Å². The van der Waals surface area contributed by atoms with Gasteiger partial charge in [-0.2, -0.15) is 0 Å². The molecule has 0 aliphatic rings. The average molecular weight is 382 g/mol. The topological polar surface area (TPSA) is 55.1 Å². The second-order valence-electron chi connectivity index (χ2n) is 5.67. The molecule has 0 saturated carbocycles. The van der Waals surface area contributed by atoms with Gasteiger partial charge in [-0.05, 0) is 54.6 Å². The van der Waals surface area contributed by atoms with Crippen molar-refractivity contribution in [2.75, 3.05) is 5.32 Å². The summed E-state index contributed by atoms with van der Waals surface area (Å²) >= 11 is 1.33. The number of halogens is 2. The van der Waals surface area contributed by atoms with Crippen molar-refractivity contribution in [1.82, 2.24) is 4.98 Å². The lowest BCUT2D eigenvalue weighted by Gasteiger charge is -2.04. The normalized spacial score (nSPS) is 10.7. The number of nitrogens with zero attached hydrogens (tertiary/aromatic N) is 1. The van der Waals surface area contributed by atoms with Gasteiger partial charge in [-0.1, -0.05) is 0 Å². The maximum Gasteiger partial charge on any atom is 0.291 e. The number of carbonyl (C=O) groups excluding carboxylic acids is 1. The van der Waals surface area contributed by atoms with Crippen LogP contribution in [0, 0.1) is 11.6 Å². The Kier molecular flexibility index (Phi) is 4.52. The Morgan fingerprint density at radius 1 is 1.07 bits per heavy atom. The fourth-order valence-electron chi connectivity index (χ4n) is 2.52. The van der Waals surface area contributed by atoms with E-state index in [2.05, 4.69) is 10.3 Å². The molecule has 0 saturated heterocycles. The van der Waals surface area contributed by atoms with E-state index in [0.717, 1.165) is 23.8 Å². The quantitative estimate of drug-likeness (QED) is 0.500. The van der Waals surface area contributed by atoms with Gasteiger partial charge >= 0.3 is 0 Å². The van der Waals surface area contributed by atoms with E-state index in [0.29, 0.717) is 16.4 Å². The largest absolute Gasteiger partial charge is 0.459 e. The van der Waals surface area contributed by atoms with Gasteiger partial charge in [0.2, 0.25) is 0 Å². The van der Waals surface area contributed by atoms with E-state index < -0.39 is 11.6 Å². The smallest absolute Gasteiger partial charge is 0.291 e. The van der Waals surface area contributed by atoms with Crippen molar-refractivity contribution in [3.8, 4) is 21.8 Å². The molecule has 2 heterocycles. The molecule has 2 aromatic heterocycles. The Hall–Kier alpha value is -3.32. The number of hydrogen-bond acceptors (Lipinski definition) is 4. The van der Waals surface area contributed by atoms with Crippen LogP contribution in [0.3, 0.4) is 0 Å². The van der Waals surface area contributed by atoms with Crippen molar-refractivity contribution >= 4 is 22.9 Å². The molecule has 134 valence electrons. The molecule has 1 N–H and O–H groups in total. The second-order valence-corrected chi connectivity index (χ2v) is 6.53. The summed E-state index contributed by atoms with van der Waals surface area (Å²) in [5, 5.41) is 5.07. The van der Waals surface area contributed by atoms with Gasteiger partial charge in [0.05, 0.1) is 12.0 Å². The van der Waals surface area contributed by atoms with Gasteiger partial charge in [-0.15, -0.1) is 11.3 Å². The summed E-state index contributed by atoms with van der Waals surface area (Å²) in [6.07, 6.45) is 1.43. The minimum Gasteiger partial charge on any atom is -0.459 e. The number of hydrogen-bond donors (Lipinski definition) is 1. The van der Waals surface area contributed by atoms with Crippen LogP contribution in [0.4, 0.5) is 14.5 Å². The van der Waals surface area contributed by atoms with Crippen LogP contribution >= 0.6 is 11.3 Å². The fraction of sp³-hybridized carbons (Fsp3) is 0. The molecule has 0 bridgehead atoms. The van der Waals surface area contributed by atoms with E-state index in [-0.39, 0.29) is 17.2 Å². The highest BCUT2D eigenvalue weighted by Gasteiger charge is 2.12. The van der Waals surface area contributed by atoms with Gasteiger partial charge in [-0.25, -0.2) is 13.8 Å². The van der Waals surface area contributed by atoms with E-state index in [9.17, 15) is 13.6 Å². The van der Waals surface area contributed by atoms with Crippen LogP contribution in [0.2, 0.25) is 0 Å². The third-order valence-corrected chi connectivity index (χ3v) is 4.73. The summed E-state index contributed by atoms with van der Waals surface area (Å²) in [6, 6.07) is 13.6. The third-order valence-electron chi connectivity index (χ3n) is 3.84. The molecule has 0 unspecified atom stereocenters. The number of furan rings is 1. The van der Waals surface area contributed by atoms with Crippen LogP contribution < -0.4 is 5.32 Å². The first-order chi connectivity index (χ1) is 13.1. The molecule has 0 fully saturated rings. The van der Waals surface area contributed by atoms with E-state index in [4.69, 9.17) is 4.42 Å². The Bertz CT molecular complexity index is 1090. The van der Waals surface area contributed by atoms with Gasteiger partial charge < -0.3 is 9.73 Å². The van der Waals surface area contributed by atoms with Crippen LogP contribution in [-0.4, -0.2) is 10.9 Å².